The SMILES string of the molecule is CN1/C(=C/C2=CC3=S=C(c4ccccc4)C(=O)N3C=N2)Sc2ccccc21. The number of anilines is 1. The fourth-order valence-electron chi connectivity index (χ4n) is 3.13. The number of fused-ring (bicyclic) bond motifs is 2. The molecule has 4 nitrogen and oxygen atoms in total. The molecule has 6 heteroatoms. The Morgan fingerprint density at radius 3 is 2.63 bits per heavy atom. The number of hydrogen-bond acceptors (Lipinski definition) is 4. The lowest BCUT2D eigenvalue weighted by atomic mass is 10.1. The van der Waals surface area contributed by atoms with Crippen LogP contribution < -0.4 is 4.90 Å². The van der Waals surface area contributed by atoms with E-state index >= 15 is 0 Å². The first kappa shape index (κ1) is 16.4. The van der Waals surface area contributed by atoms with E-state index in [4.69, 9.17) is 0 Å². The minimum absolute atomic E-state index is 0.0207. The fraction of sp³-hybridized carbons (Fsp3) is 0.0476. The summed E-state index contributed by atoms with van der Waals surface area (Å²) in [6.07, 6.45) is 5.67. The van der Waals surface area contributed by atoms with Crippen molar-refractivity contribution in [2.75, 3.05) is 11.9 Å². The molecular weight excluding hydrogens is 374 g/mol. The third-order valence-electron chi connectivity index (χ3n) is 4.53. The second-order valence-electron chi connectivity index (χ2n) is 6.24. The average Bonchev–Trinajstić information content (AvgIpc) is 3.20. The molecule has 132 valence electrons. The van der Waals surface area contributed by atoms with Crippen LogP contribution in [0.25, 0.3) is 0 Å². The molecule has 0 fully saturated rings. The Labute approximate surface area is 165 Å². The Kier molecular flexibility index (Phi) is 3.88. The molecule has 0 saturated heterocycles. The van der Waals surface area contributed by atoms with Crippen molar-refractivity contribution >= 4 is 50.5 Å². The Morgan fingerprint density at radius 1 is 1.04 bits per heavy atom. The number of para-hydroxylation sites is 1. The van der Waals surface area contributed by atoms with Gasteiger partial charge in [0.1, 0.15) is 16.2 Å². The normalized spacial score (nSPS) is 19.4. The highest BCUT2D eigenvalue weighted by molar-refractivity contribution is 8.03. The molecule has 0 radical (unpaired) electrons. The van der Waals surface area contributed by atoms with E-state index in [1.807, 2.05) is 42.5 Å². The lowest BCUT2D eigenvalue weighted by molar-refractivity contribution is -0.117. The molecule has 3 aliphatic heterocycles. The van der Waals surface area contributed by atoms with E-state index in [-0.39, 0.29) is 5.91 Å². The van der Waals surface area contributed by atoms with Gasteiger partial charge in [0, 0.05) is 11.9 Å². The predicted molar refractivity (Wildman–Crippen MR) is 115 cm³/mol. The molecule has 0 N–H and O–H groups in total. The van der Waals surface area contributed by atoms with Gasteiger partial charge >= 0.3 is 0 Å². The van der Waals surface area contributed by atoms with Crippen LogP contribution in [0.3, 0.4) is 0 Å². The summed E-state index contributed by atoms with van der Waals surface area (Å²) in [4.78, 5) is 23.8. The van der Waals surface area contributed by atoms with Gasteiger partial charge in [-0.25, -0.2) is 4.99 Å². The first-order valence-corrected chi connectivity index (χ1v) is 10.1. The standard InChI is InChI=1S/C21H15N3OS2/c1-23-16-9-5-6-10-17(16)26-18(23)11-15-12-19-24(13-22-15)21(25)20(27-19)14-7-3-2-4-8-14/h2-13H,1H3/b18-11-. The second kappa shape index (κ2) is 6.40. The summed E-state index contributed by atoms with van der Waals surface area (Å²) in [5.74, 6) is -0.0207. The van der Waals surface area contributed by atoms with Gasteiger partial charge in [0.15, 0.2) is 0 Å². The Balaban J connectivity index is 1.50. The van der Waals surface area contributed by atoms with Gasteiger partial charge in [-0.05, 0) is 29.8 Å². The molecule has 0 aromatic heterocycles. The van der Waals surface area contributed by atoms with E-state index in [0.29, 0.717) is 0 Å². The number of nitrogens with zero attached hydrogens (tertiary/aromatic N) is 3. The smallest absolute Gasteiger partial charge is 0.274 e. The van der Waals surface area contributed by atoms with Crippen LogP contribution >= 0.6 is 22.7 Å². The number of hydrogen-bond donors (Lipinski definition) is 0. The van der Waals surface area contributed by atoms with Crippen LogP contribution in [-0.2, 0) is 4.79 Å². The Morgan fingerprint density at radius 2 is 1.81 bits per heavy atom. The minimum Gasteiger partial charge on any atom is -0.338 e. The van der Waals surface area contributed by atoms with Gasteiger partial charge in [-0.2, -0.15) is 0 Å². The van der Waals surface area contributed by atoms with Gasteiger partial charge < -0.3 is 4.90 Å². The monoisotopic (exact) mass is 389 g/mol. The minimum atomic E-state index is -0.0207. The predicted octanol–water partition coefficient (Wildman–Crippen LogP) is 3.92. The zero-order chi connectivity index (χ0) is 18.4. The summed E-state index contributed by atoms with van der Waals surface area (Å²) < 4.78 is 0. The van der Waals surface area contributed by atoms with Gasteiger partial charge in [0.25, 0.3) is 5.91 Å². The number of allylic oxidation sites excluding steroid dienone is 1. The molecular formula is C21H15N3OS2. The van der Waals surface area contributed by atoms with Crippen LogP contribution in [0.5, 0.6) is 0 Å². The van der Waals surface area contributed by atoms with Crippen LogP contribution in [-0.4, -0.2) is 34.0 Å². The number of carbonyl (C=O) groups excluding carboxylic acids is 1. The molecule has 0 atom stereocenters. The van der Waals surface area contributed by atoms with Crippen LogP contribution in [0.15, 0.2) is 87.4 Å². The zero-order valence-electron chi connectivity index (χ0n) is 14.5. The van der Waals surface area contributed by atoms with Crippen LogP contribution in [0, 0.1) is 0 Å². The summed E-state index contributed by atoms with van der Waals surface area (Å²) in [5.41, 5.74) is 2.99. The first-order valence-electron chi connectivity index (χ1n) is 8.50. The number of thioether (sulfide) groups is 1. The topological polar surface area (TPSA) is 35.9 Å². The number of amides is 1. The number of rotatable bonds is 2. The molecule has 2 aromatic rings. The van der Waals surface area contributed by atoms with E-state index < -0.39 is 0 Å². The van der Waals surface area contributed by atoms with Crippen molar-refractivity contribution in [3.05, 3.63) is 83.0 Å². The summed E-state index contributed by atoms with van der Waals surface area (Å²) in [6.45, 7) is 0. The maximum atomic E-state index is 12.7. The molecule has 0 unspecified atom stereocenters. The number of benzene rings is 2. The summed E-state index contributed by atoms with van der Waals surface area (Å²) in [7, 11) is 3.56. The summed E-state index contributed by atoms with van der Waals surface area (Å²) in [6, 6.07) is 18.1. The zero-order valence-corrected chi connectivity index (χ0v) is 16.1. The fourth-order valence-corrected chi connectivity index (χ4v) is 5.28. The molecule has 0 spiro atoms. The third-order valence-corrected chi connectivity index (χ3v) is 6.83. The highest BCUT2D eigenvalue weighted by Crippen LogP contribution is 2.45. The van der Waals surface area contributed by atoms with E-state index in [1.165, 1.54) is 21.5 Å². The maximum Gasteiger partial charge on any atom is 0.274 e. The van der Waals surface area contributed by atoms with Crippen LogP contribution in [0.1, 0.15) is 5.56 Å². The van der Waals surface area contributed by atoms with E-state index in [0.717, 1.165) is 26.1 Å². The molecule has 27 heavy (non-hydrogen) atoms. The molecule has 0 bridgehead atoms. The van der Waals surface area contributed by atoms with Crippen molar-refractivity contribution in [2.24, 2.45) is 4.99 Å². The first-order chi connectivity index (χ1) is 13.2. The van der Waals surface area contributed by atoms with E-state index in [2.05, 4.69) is 41.2 Å². The highest BCUT2D eigenvalue weighted by atomic mass is 32.2. The van der Waals surface area contributed by atoms with Crippen molar-refractivity contribution < 1.29 is 4.79 Å². The largest absolute Gasteiger partial charge is 0.338 e. The van der Waals surface area contributed by atoms with Gasteiger partial charge in [-0.15, -0.1) is 10.9 Å². The summed E-state index contributed by atoms with van der Waals surface area (Å²) >= 11 is 1.73. The van der Waals surface area contributed by atoms with E-state index in [9.17, 15) is 4.79 Å². The lowest BCUT2D eigenvalue weighted by Crippen LogP contribution is -2.35. The Bertz CT molecular complexity index is 1130. The molecule has 0 aliphatic carbocycles. The van der Waals surface area contributed by atoms with Gasteiger partial charge in [-0.3, -0.25) is 9.69 Å². The molecule has 5 rings (SSSR count). The number of carbonyl (C=O) groups is 1. The van der Waals surface area contributed by atoms with Crippen LogP contribution in [0.4, 0.5) is 5.69 Å². The molecule has 3 aliphatic rings. The number of aliphatic imine (C=N–C) groups is 1. The average molecular weight is 390 g/mol. The second-order valence-corrected chi connectivity index (χ2v) is 8.33. The third kappa shape index (κ3) is 2.78. The van der Waals surface area contributed by atoms with Crippen molar-refractivity contribution in [3.8, 4) is 0 Å². The van der Waals surface area contributed by atoms with Gasteiger partial charge in [-0.1, -0.05) is 54.2 Å². The van der Waals surface area contributed by atoms with Crippen molar-refractivity contribution in [1.82, 2.24) is 4.90 Å². The van der Waals surface area contributed by atoms with E-state index in [1.54, 1.807) is 23.0 Å². The van der Waals surface area contributed by atoms with Crippen molar-refractivity contribution in [3.63, 3.8) is 0 Å². The molecule has 2 aromatic carbocycles. The maximum absolute atomic E-state index is 12.7. The molecule has 0 saturated carbocycles. The van der Waals surface area contributed by atoms with Crippen molar-refractivity contribution in [2.45, 2.75) is 4.90 Å². The van der Waals surface area contributed by atoms with Crippen molar-refractivity contribution in [1.29, 1.82) is 0 Å². The Hall–Kier alpha value is -2.83. The molecule has 3 heterocycles. The quantitative estimate of drug-likeness (QED) is 0.731. The van der Waals surface area contributed by atoms with Gasteiger partial charge in [0.2, 0.25) is 0 Å². The van der Waals surface area contributed by atoms with Gasteiger partial charge in [0.05, 0.1) is 16.4 Å². The summed E-state index contributed by atoms with van der Waals surface area (Å²) in [5, 5.41) is 1.12. The lowest BCUT2D eigenvalue weighted by Gasteiger charge is -2.17. The highest BCUT2D eigenvalue weighted by Gasteiger charge is 2.29. The molecule has 1 amide bonds. The van der Waals surface area contributed by atoms with Crippen LogP contribution in [0.2, 0.25) is 0 Å².